The quantitative estimate of drug-likeness (QED) is 0.815. The summed E-state index contributed by atoms with van der Waals surface area (Å²) in [5.74, 6) is 1.22. The van der Waals surface area contributed by atoms with Crippen molar-refractivity contribution in [1.82, 2.24) is 0 Å². The van der Waals surface area contributed by atoms with Crippen molar-refractivity contribution in [3.8, 4) is 11.5 Å². The lowest BCUT2D eigenvalue weighted by Gasteiger charge is -2.27. The van der Waals surface area contributed by atoms with Crippen LogP contribution in [0.4, 0.5) is 0 Å². The molecule has 0 amide bonds. The topological polar surface area (TPSA) is 58.9 Å². The van der Waals surface area contributed by atoms with Crippen LogP contribution >= 0.6 is 0 Å². The molecular formula is C14H22O4. The number of aliphatic hydroxyl groups is 2. The summed E-state index contributed by atoms with van der Waals surface area (Å²) in [5, 5.41) is 19.2. The van der Waals surface area contributed by atoms with Gasteiger partial charge >= 0.3 is 0 Å². The summed E-state index contributed by atoms with van der Waals surface area (Å²) < 4.78 is 10.8. The number of methoxy groups -OCH3 is 1. The molecule has 0 fully saturated rings. The molecule has 0 aliphatic rings. The smallest absolute Gasteiger partial charge is 0.161 e. The van der Waals surface area contributed by atoms with Crippen LogP contribution in [0.2, 0.25) is 0 Å². The Bertz CT molecular complexity index is 385. The summed E-state index contributed by atoms with van der Waals surface area (Å²) in [6, 6.07) is 5.22. The van der Waals surface area contributed by atoms with E-state index in [1.807, 2.05) is 13.8 Å². The van der Waals surface area contributed by atoms with E-state index < -0.39 is 5.60 Å². The molecule has 2 N–H and O–H groups in total. The Morgan fingerprint density at radius 1 is 1.28 bits per heavy atom. The first-order valence-electron chi connectivity index (χ1n) is 6.03. The second kappa shape index (κ2) is 6.07. The second-order valence-electron chi connectivity index (χ2n) is 4.94. The molecule has 0 saturated carbocycles. The molecule has 1 unspecified atom stereocenters. The predicted octanol–water partition coefficient (Wildman–Crippen LogP) is 1.97. The van der Waals surface area contributed by atoms with Gasteiger partial charge in [0.1, 0.15) is 6.61 Å². The van der Waals surface area contributed by atoms with Gasteiger partial charge in [-0.15, -0.1) is 0 Å². The second-order valence-corrected chi connectivity index (χ2v) is 4.94. The summed E-state index contributed by atoms with van der Waals surface area (Å²) in [5.41, 5.74) is -0.129. The monoisotopic (exact) mass is 254 g/mol. The predicted molar refractivity (Wildman–Crippen MR) is 69.9 cm³/mol. The molecule has 18 heavy (non-hydrogen) atoms. The van der Waals surface area contributed by atoms with Crippen molar-refractivity contribution in [2.45, 2.75) is 33.0 Å². The molecule has 0 spiro atoms. The van der Waals surface area contributed by atoms with Gasteiger partial charge in [-0.25, -0.2) is 0 Å². The molecule has 0 bridgehead atoms. The molecule has 102 valence electrons. The Balaban J connectivity index is 2.79. The van der Waals surface area contributed by atoms with E-state index in [2.05, 4.69) is 0 Å². The van der Waals surface area contributed by atoms with Crippen LogP contribution in [0.15, 0.2) is 18.2 Å². The maximum Gasteiger partial charge on any atom is 0.161 e. The van der Waals surface area contributed by atoms with Crippen molar-refractivity contribution >= 4 is 0 Å². The number of benzene rings is 1. The van der Waals surface area contributed by atoms with E-state index in [0.717, 1.165) is 5.56 Å². The minimum Gasteiger partial charge on any atom is -0.493 e. The summed E-state index contributed by atoms with van der Waals surface area (Å²) in [6.07, 6.45) is 0. The van der Waals surface area contributed by atoms with Gasteiger partial charge in [0.25, 0.3) is 0 Å². The van der Waals surface area contributed by atoms with Crippen LogP contribution in [0.1, 0.15) is 26.3 Å². The van der Waals surface area contributed by atoms with Crippen LogP contribution in [-0.2, 0) is 6.61 Å². The highest BCUT2D eigenvalue weighted by Gasteiger charge is 2.26. The Labute approximate surface area is 108 Å². The molecule has 4 heteroatoms. The zero-order valence-corrected chi connectivity index (χ0v) is 11.4. The first-order valence-corrected chi connectivity index (χ1v) is 6.03. The van der Waals surface area contributed by atoms with Crippen LogP contribution in [-0.4, -0.2) is 29.5 Å². The molecule has 1 atom stereocenters. The Morgan fingerprint density at radius 2 is 1.94 bits per heavy atom. The molecule has 0 aromatic heterocycles. The SMILES string of the molecule is COc1cc(CO)ccc1OCC(C)(O)C(C)C. The number of hydrogen-bond acceptors (Lipinski definition) is 4. The van der Waals surface area contributed by atoms with Crippen molar-refractivity contribution in [1.29, 1.82) is 0 Å². The third kappa shape index (κ3) is 3.62. The first kappa shape index (κ1) is 14.8. The van der Waals surface area contributed by atoms with Crippen molar-refractivity contribution in [2.75, 3.05) is 13.7 Å². The van der Waals surface area contributed by atoms with E-state index in [1.54, 1.807) is 32.2 Å². The van der Waals surface area contributed by atoms with Gasteiger partial charge in [0.05, 0.1) is 19.3 Å². The number of aliphatic hydroxyl groups excluding tert-OH is 1. The molecule has 0 aliphatic carbocycles. The maximum atomic E-state index is 10.1. The minimum absolute atomic E-state index is 0.0413. The average molecular weight is 254 g/mol. The zero-order chi connectivity index (χ0) is 13.8. The third-order valence-electron chi connectivity index (χ3n) is 3.17. The molecular weight excluding hydrogens is 232 g/mol. The highest BCUT2D eigenvalue weighted by atomic mass is 16.5. The number of hydrogen-bond donors (Lipinski definition) is 2. The molecule has 1 rings (SSSR count). The molecule has 0 heterocycles. The van der Waals surface area contributed by atoms with Gasteiger partial charge in [0, 0.05) is 0 Å². The highest BCUT2D eigenvalue weighted by molar-refractivity contribution is 5.42. The molecule has 1 aromatic carbocycles. The summed E-state index contributed by atoms with van der Waals surface area (Å²) in [7, 11) is 1.55. The van der Waals surface area contributed by atoms with E-state index in [9.17, 15) is 5.11 Å². The Morgan fingerprint density at radius 3 is 2.44 bits per heavy atom. The number of ether oxygens (including phenoxy) is 2. The van der Waals surface area contributed by atoms with Crippen molar-refractivity contribution in [2.24, 2.45) is 5.92 Å². The Hall–Kier alpha value is -1.26. The first-order chi connectivity index (χ1) is 8.40. The van der Waals surface area contributed by atoms with Gasteiger partial charge in [-0.05, 0) is 30.5 Å². The zero-order valence-electron chi connectivity index (χ0n) is 11.4. The fraction of sp³-hybridized carbons (Fsp3) is 0.571. The lowest BCUT2D eigenvalue weighted by molar-refractivity contribution is -0.0271. The van der Waals surface area contributed by atoms with E-state index in [4.69, 9.17) is 14.6 Å². The maximum absolute atomic E-state index is 10.1. The van der Waals surface area contributed by atoms with Crippen LogP contribution < -0.4 is 9.47 Å². The van der Waals surface area contributed by atoms with E-state index in [-0.39, 0.29) is 19.1 Å². The normalized spacial score (nSPS) is 14.4. The summed E-state index contributed by atoms with van der Waals surface area (Å²) in [6.45, 7) is 5.77. The standard InChI is InChI=1S/C14H22O4/c1-10(2)14(3,16)9-18-12-6-5-11(8-15)7-13(12)17-4/h5-7,10,15-16H,8-9H2,1-4H3. The summed E-state index contributed by atoms with van der Waals surface area (Å²) >= 11 is 0. The largest absolute Gasteiger partial charge is 0.493 e. The minimum atomic E-state index is -0.888. The third-order valence-corrected chi connectivity index (χ3v) is 3.17. The highest BCUT2D eigenvalue weighted by Crippen LogP contribution is 2.29. The lowest BCUT2D eigenvalue weighted by atomic mass is 9.94. The van der Waals surface area contributed by atoms with Crippen LogP contribution in [0.3, 0.4) is 0 Å². The number of rotatable bonds is 6. The molecule has 0 radical (unpaired) electrons. The van der Waals surface area contributed by atoms with Crippen molar-refractivity contribution < 1.29 is 19.7 Å². The molecule has 4 nitrogen and oxygen atoms in total. The molecule has 1 aromatic rings. The van der Waals surface area contributed by atoms with Crippen LogP contribution in [0.5, 0.6) is 11.5 Å². The van der Waals surface area contributed by atoms with Gasteiger partial charge in [-0.1, -0.05) is 19.9 Å². The van der Waals surface area contributed by atoms with Crippen molar-refractivity contribution in [3.63, 3.8) is 0 Å². The fourth-order valence-corrected chi connectivity index (χ4v) is 1.32. The van der Waals surface area contributed by atoms with Crippen LogP contribution in [0, 0.1) is 5.92 Å². The van der Waals surface area contributed by atoms with Gasteiger partial charge in [-0.3, -0.25) is 0 Å². The van der Waals surface area contributed by atoms with E-state index in [0.29, 0.717) is 11.5 Å². The summed E-state index contributed by atoms with van der Waals surface area (Å²) in [4.78, 5) is 0. The van der Waals surface area contributed by atoms with Gasteiger partial charge in [-0.2, -0.15) is 0 Å². The van der Waals surface area contributed by atoms with E-state index in [1.165, 1.54) is 0 Å². The van der Waals surface area contributed by atoms with Gasteiger partial charge in [0.2, 0.25) is 0 Å². The fourth-order valence-electron chi connectivity index (χ4n) is 1.32. The van der Waals surface area contributed by atoms with Gasteiger partial charge in [0.15, 0.2) is 11.5 Å². The Kier molecular flexibility index (Phi) is 4.99. The lowest BCUT2D eigenvalue weighted by Crippen LogP contribution is -2.37. The van der Waals surface area contributed by atoms with Gasteiger partial charge < -0.3 is 19.7 Å². The van der Waals surface area contributed by atoms with Crippen molar-refractivity contribution in [3.05, 3.63) is 23.8 Å². The van der Waals surface area contributed by atoms with Crippen LogP contribution in [0.25, 0.3) is 0 Å². The van der Waals surface area contributed by atoms with E-state index >= 15 is 0 Å². The molecule has 0 saturated heterocycles. The average Bonchev–Trinajstić information content (AvgIpc) is 2.35. The molecule has 0 aliphatic heterocycles.